The van der Waals surface area contributed by atoms with Crippen molar-refractivity contribution in [2.75, 3.05) is 6.54 Å². The molecule has 2 aromatic rings. The fourth-order valence-corrected chi connectivity index (χ4v) is 1.83. The number of hydrogen-bond acceptors (Lipinski definition) is 4. The molecule has 0 bridgehead atoms. The fraction of sp³-hybridized carbons (Fsp3) is 0.538. The molecule has 0 aliphatic rings. The summed E-state index contributed by atoms with van der Waals surface area (Å²) in [5.74, 6) is 2.12. The van der Waals surface area contributed by atoms with E-state index in [9.17, 15) is 0 Å². The minimum atomic E-state index is 0.625. The number of aromatic nitrogens is 3. The molecule has 5 heteroatoms. The second-order valence-corrected chi connectivity index (χ2v) is 4.94. The van der Waals surface area contributed by atoms with Crippen LogP contribution >= 0.6 is 0 Å². The van der Waals surface area contributed by atoms with Crippen LogP contribution < -0.4 is 5.32 Å². The Bertz CT molecular complexity index is 513. The summed E-state index contributed by atoms with van der Waals surface area (Å²) >= 11 is 0. The van der Waals surface area contributed by atoms with Crippen molar-refractivity contribution in [3.8, 4) is 11.3 Å². The van der Waals surface area contributed by atoms with Crippen molar-refractivity contribution in [3.63, 3.8) is 0 Å². The predicted molar refractivity (Wildman–Crippen MR) is 70.0 cm³/mol. The van der Waals surface area contributed by atoms with E-state index in [1.54, 1.807) is 10.9 Å². The van der Waals surface area contributed by atoms with Gasteiger partial charge in [-0.2, -0.15) is 5.10 Å². The van der Waals surface area contributed by atoms with E-state index in [0.29, 0.717) is 18.4 Å². The number of nitrogens with zero attached hydrogens (tertiary/aromatic N) is 3. The molecule has 1 N–H and O–H groups in total. The Labute approximate surface area is 107 Å². The van der Waals surface area contributed by atoms with Gasteiger partial charge >= 0.3 is 0 Å². The van der Waals surface area contributed by atoms with Gasteiger partial charge in [0.1, 0.15) is 0 Å². The van der Waals surface area contributed by atoms with Crippen LogP contribution in [0.5, 0.6) is 0 Å². The second-order valence-electron chi connectivity index (χ2n) is 4.94. The Hall–Kier alpha value is -1.62. The van der Waals surface area contributed by atoms with E-state index >= 15 is 0 Å². The summed E-state index contributed by atoms with van der Waals surface area (Å²) in [6.07, 6.45) is 3.71. The molecule has 0 saturated carbocycles. The third-order valence-electron chi connectivity index (χ3n) is 2.66. The van der Waals surface area contributed by atoms with Crippen LogP contribution in [0.15, 0.2) is 16.8 Å². The average molecular weight is 248 g/mol. The monoisotopic (exact) mass is 248 g/mol. The van der Waals surface area contributed by atoms with Gasteiger partial charge in [0.05, 0.1) is 24.0 Å². The zero-order valence-electron chi connectivity index (χ0n) is 11.4. The zero-order chi connectivity index (χ0) is 13.1. The average Bonchev–Trinajstić information content (AvgIpc) is 2.85. The fourth-order valence-electron chi connectivity index (χ4n) is 1.83. The summed E-state index contributed by atoms with van der Waals surface area (Å²) in [6, 6.07) is 0. The topological polar surface area (TPSA) is 55.9 Å². The molecule has 0 saturated heterocycles. The van der Waals surface area contributed by atoms with Crippen molar-refractivity contribution in [3.05, 3.63) is 24.0 Å². The lowest BCUT2D eigenvalue weighted by molar-refractivity contribution is 0.459. The minimum absolute atomic E-state index is 0.625. The van der Waals surface area contributed by atoms with Crippen LogP contribution in [0.4, 0.5) is 0 Å². The maximum Gasteiger partial charge on any atom is 0.208 e. The van der Waals surface area contributed by atoms with Gasteiger partial charge in [-0.15, -0.1) is 0 Å². The van der Waals surface area contributed by atoms with E-state index in [0.717, 1.165) is 23.6 Å². The molecular formula is C13H20N4O. The van der Waals surface area contributed by atoms with E-state index in [1.807, 2.05) is 20.2 Å². The molecule has 0 atom stereocenters. The summed E-state index contributed by atoms with van der Waals surface area (Å²) in [4.78, 5) is 4.27. The van der Waals surface area contributed by atoms with Crippen LogP contribution in [0.25, 0.3) is 11.3 Å². The first-order chi connectivity index (χ1) is 8.56. The van der Waals surface area contributed by atoms with Gasteiger partial charge in [-0.3, -0.25) is 4.68 Å². The van der Waals surface area contributed by atoms with E-state index < -0.39 is 0 Å². The first kappa shape index (κ1) is 12.8. The van der Waals surface area contributed by atoms with Crippen LogP contribution in [0, 0.1) is 12.8 Å². The van der Waals surface area contributed by atoms with Gasteiger partial charge in [0, 0.05) is 13.2 Å². The largest absolute Gasteiger partial charge is 0.439 e. The molecule has 0 amide bonds. The highest BCUT2D eigenvalue weighted by atomic mass is 16.4. The molecule has 0 radical (unpaired) electrons. The van der Waals surface area contributed by atoms with Gasteiger partial charge in [0.25, 0.3) is 0 Å². The molecule has 18 heavy (non-hydrogen) atoms. The quantitative estimate of drug-likeness (QED) is 0.880. The minimum Gasteiger partial charge on any atom is -0.439 e. The number of hydrogen-bond donors (Lipinski definition) is 1. The van der Waals surface area contributed by atoms with Crippen LogP contribution in [0.2, 0.25) is 0 Å². The molecule has 0 fully saturated rings. The van der Waals surface area contributed by atoms with Crippen LogP contribution in [-0.4, -0.2) is 21.3 Å². The normalized spacial score (nSPS) is 11.4. The molecule has 2 rings (SSSR count). The van der Waals surface area contributed by atoms with E-state index in [2.05, 4.69) is 29.2 Å². The predicted octanol–water partition coefficient (Wildman–Crippen LogP) is 2.13. The standard InChI is InChI=1S/C13H20N4O/c1-9(2)5-14-7-13-15-6-12(18-13)11-8-17(4)16-10(11)3/h6,8-9,14H,5,7H2,1-4H3. The van der Waals surface area contributed by atoms with Gasteiger partial charge in [-0.25, -0.2) is 4.98 Å². The molecule has 98 valence electrons. The molecule has 0 aliphatic carbocycles. The Morgan fingerprint density at radius 1 is 1.44 bits per heavy atom. The zero-order valence-corrected chi connectivity index (χ0v) is 11.4. The molecule has 0 aromatic carbocycles. The number of oxazole rings is 1. The van der Waals surface area contributed by atoms with Crippen molar-refractivity contribution in [2.24, 2.45) is 13.0 Å². The van der Waals surface area contributed by atoms with Gasteiger partial charge in [-0.05, 0) is 19.4 Å². The maximum atomic E-state index is 5.72. The van der Waals surface area contributed by atoms with Crippen molar-refractivity contribution in [2.45, 2.75) is 27.3 Å². The first-order valence-electron chi connectivity index (χ1n) is 6.22. The highest BCUT2D eigenvalue weighted by Gasteiger charge is 2.11. The molecule has 0 aliphatic heterocycles. The number of aryl methyl sites for hydroxylation is 2. The summed E-state index contributed by atoms with van der Waals surface area (Å²) in [6.45, 7) is 7.94. The summed E-state index contributed by atoms with van der Waals surface area (Å²) in [5.41, 5.74) is 1.95. The van der Waals surface area contributed by atoms with E-state index in [-0.39, 0.29) is 0 Å². The van der Waals surface area contributed by atoms with Gasteiger partial charge < -0.3 is 9.73 Å². The smallest absolute Gasteiger partial charge is 0.208 e. The third-order valence-corrected chi connectivity index (χ3v) is 2.66. The SMILES string of the molecule is Cc1nn(C)cc1-c1cnc(CNCC(C)C)o1. The maximum absolute atomic E-state index is 5.72. The Morgan fingerprint density at radius 3 is 2.83 bits per heavy atom. The van der Waals surface area contributed by atoms with Crippen LogP contribution in [-0.2, 0) is 13.6 Å². The molecule has 2 aromatic heterocycles. The second kappa shape index (κ2) is 5.35. The first-order valence-corrected chi connectivity index (χ1v) is 6.22. The number of rotatable bonds is 5. The summed E-state index contributed by atoms with van der Waals surface area (Å²) < 4.78 is 7.50. The molecule has 5 nitrogen and oxygen atoms in total. The van der Waals surface area contributed by atoms with E-state index in [1.165, 1.54) is 0 Å². The summed E-state index contributed by atoms with van der Waals surface area (Å²) in [5, 5.41) is 7.60. The third kappa shape index (κ3) is 2.98. The Balaban J connectivity index is 2.04. The van der Waals surface area contributed by atoms with E-state index in [4.69, 9.17) is 4.42 Å². The Morgan fingerprint density at radius 2 is 2.22 bits per heavy atom. The highest BCUT2D eigenvalue weighted by Crippen LogP contribution is 2.22. The van der Waals surface area contributed by atoms with Crippen molar-refractivity contribution < 1.29 is 4.42 Å². The molecule has 2 heterocycles. The van der Waals surface area contributed by atoms with Gasteiger partial charge in [0.2, 0.25) is 5.89 Å². The lowest BCUT2D eigenvalue weighted by Crippen LogP contribution is -2.18. The van der Waals surface area contributed by atoms with Crippen LogP contribution in [0.3, 0.4) is 0 Å². The Kier molecular flexibility index (Phi) is 3.81. The lowest BCUT2D eigenvalue weighted by atomic mass is 10.2. The van der Waals surface area contributed by atoms with Gasteiger partial charge in [0.15, 0.2) is 5.76 Å². The highest BCUT2D eigenvalue weighted by molar-refractivity contribution is 5.58. The van der Waals surface area contributed by atoms with Gasteiger partial charge in [-0.1, -0.05) is 13.8 Å². The van der Waals surface area contributed by atoms with Crippen molar-refractivity contribution in [1.82, 2.24) is 20.1 Å². The molecular weight excluding hydrogens is 228 g/mol. The molecule has 0 spiro atoms. The molecule has 0 unspecified atom stereocenters. The lowest BCUT2D eigenvalue weighted by Gasteiger charge is -2.04. The summed E-state index contributed by atoms with van der Waals surface area (Å²) in [7, 11) is 1.90. The van der Waals surface area contributed by atoms with Crippen molar-refractivity contribution >= 4 is 0 Å². The van der Waals surface area contributed by atoms with Crippen LogP contribution in [0.1, 0.15) is 25.4 Å². The van der Waals surface area contributed by atoms with Crippen molar-refractivity contribution in [1.29, 1.82) is 0 Å². The number of nitrogens with one attached hydrogen (secondary N) is 1.